The molecule has 156 valence electrons. The van der Waals surface area contributed by atoms with Crippen molar-refractivity contribution < 1.29 is 28.2 Å². The van der Waals surface area contributed by atoms with Gasteiger partial charge in [0.1, 0.15) is 11.4 Å². The number of hydrogen-bond donors (Lipinski definition) is 1. The number of hydrogen-bond acceptors (Lipinski definition) is 5. The molecule has 2 aromatic rings. The SMILES string of the molecule is COc1cc(/C=C2/C(=O)NC(=O)N(c3ccccc3F)C2=O)cc(Cl)c1OC(C)C. The number of nitrogens with one attached hydrogen (secondary N) is 1. The van der Waals surface area contributed by atoms with Gasteiger partial charge in [-0.2, -0.15) is 0 Å². The Labute approximate surface area is 177 Å². The molecule has 3 rings (SSSR count). The smallest absolute Gasteiger partial charge is 0.336 e. The second-order valence-corrected chi connectivity index (χ2v) is 7.02. The highest BCUT2D eigenvalue weighted by Gasteiger charge is 2.38. The van der Waals surface area contributed by atoms with Crippen LogP contribution in [0.4, 0.5) is 14.9 Å². The van der Waals surface area contributed by atoms with Gasteiger partial charge in [-0.1, -0.05) is 23.7 Å². The molecule has 9 heteroatoms. The minimum atomic E-state index is -1.04. The fraction of sp³-hybridized carbons (Fsp3) is 0.190. The summed E-state index contributed by atoms with van der Waals surface area (Å²) >= 11 is 6.28. The summed E-state index contributed by atoms with van der Waals surface area (Å²) in [5.41, 5.74) is -0.280. The number of carbonyl (C=O) groups excluding carboxylic acids is 3. The van der Waals surface area contributed by atoms with Gasteiger partial charge >= 0.3 is 6.03 Å². The van der Waals surface area contributed by atoms with E-state index in [1.807, 2.05) is 19.2 Å². The van der Waals surface area contributed by atoms with Gasteiger partial charge in [-0.3, -0.25) is 14.9 Å². The van der Waals surface area contributed by atoms with Crippen molar-refractivity contribution in [1.29, 1.82) is 0 Å². The van der Waals surface area contributed by atoms with E-state index in [4.69, 9.17) is 21.1 Å². The number of methoxy groups -OCH3 is 1. The van der Waals surface area contributed by atoms with Crippen molar-refractivity contribution >= 4 is 41.2 Å². The molecule has 1 aliphatic heterocycles. The largest absolute Gasteiger partial charge is 0.493 e. The van der Waals surface area contributed by atoms with Crippen molar-refractivity contribution in [1.82, 2.24) is 5.32 Å². The van der Waals surface area contributed by atoms with E-state index in [1.165, 1.54) is 43.5 Å². The summed E-state index contributed by atoms with van der Waals surface area (Å²) in [6.45, 7) is 3.65. The maximum atomic E-state index is 14.1. The molecule has 0 saturated carbocycles. The fourth-order valence-electron chi connectivity index (χ4n) is 2.85. The number of barbiturate groups is 1. The molecule has 0 unspecified atom stereocenters. The Bertz CT molecular complexity index is 1070. The molecule has 0 aromatic heterocycles. The molecule has 7 nitrogen and oxygen atoms in total. The van der Waals surface area contributed by atoms with Crippen LogP contribution in [0.25, 0.3) is 6.08 Å². The number of benzene rings is 2. The lowest BCUT2D eigenvalue weighted by atomic mass is 10.1. The van der Waals surface area contributed by atoms with Crippen LogP contribution in [0.5, 0.6) is 11.5 Å². The third kappa shape index (κ3) is 4.13. The second-order valence-electron chi connectivity index (χ2n) is 6.61. The molecule has 2 aromatic carbocycles. The van der Waals surface area contributed by atoms with Gasteiger partial charge in [0.15, 0.2) is 11.5 Å². The van der Waals surface area contributed by atoms with Crippen LogP contribution in [-0.2, 0) is 9.59 Å². The Balaban J connectivity index is 2.05. The lowest BCUT2D eigenvalue weighted by Crippen LogP contribution is -2.54. The van der Waals surface area contributed by atoms with Gasteiger partial charge in [0.25, 0.3) is 11.8 Å². The molecule has 30 heavy (non-hydrogen) atoms. The van der Waals surface area contributed by atoms with Crippen LogP contribution in [0.1, 0.15) is 19.4 Å². The van der Waals surface area contributed by atoms with Crippen molar-refractivity contribution in [2.45, 2.75) is 20.0 Å². The van der Waals surface area contributed by atoms with E-state index in [-0.39, 0.29) is 22.4 Å². The lowest BCUT2D eigenvalue weighted by molar-refractivity contribution is -0.122. The number of ether oxygens (including phenoxy) is 2. The predicted octanol–water partition coefficient (Wildman–Crippen LogP) is 3.94. The van der Waals surface area contributed by atoms with E-state index < -0.39 is 23.7 Å². The van der Waals surface area contributed by atoms with E-state index >= 15 is 0 Å². The Morgan fingerprint density at radius 2 is 1.87 bits per heavy atom. The van der Waals surface area contributed by atoms with Crippen molar-refractivity contribution in [3.63, 3.8) is 0 Å². The van der Waals surface area contributed by atoms with E-state index in [0.29, 0.717) is 22.0 Å². The van der Waals surface area contributed by atoms with Crippen LogP contribution < -0.4 is 19.7 Å². The maximum Gasteiger partial charge on any atom is 0.336 e. The van der Waals surface area contributed by atoms with E-state index in [1.54, 1.807) is 0 Å². The van der Waals surface area contributed by atoms with Gasteiger partial charge in [0.05, 0.1) is 23.9 Å². The normalized spacial score (nSPS) is 15.6. The molecular formula is C21H18ClFN2O5. The number of nitrogens with zero attached hydrogens (tertiary/aromatic N) is 1. The fourth-order valence-corrected chi connectivity index (χ4v) is 3.11. The Kier molecular flexibility index (Phi) is 6.07. The average molecular weight is 433 g/mol. The van der Waals surface area contributed by atoms with Crippen LogP contribution in [0.3, 0.4) is 0 Å². The van der Waals surface area contributed by atoms with Crippen LogP contribution >= 0.6 is 11.6 Å². The zero-order chi connectivity index (χ0) is 22.0. The van der Waals surface area contributed by atoms with Crippen LogP contribution in [0, 0.1) is 5.82 Å². The number of para-hydroxylation sites is 1. The number of carbonyl (C=O) groups is 3. The first-order valence-electron chi connectivity index (χ1n) is 8.93. The maximum absolute atomic E-state index is 14.1. The molecular weight excluding hydrogens is 415 g/mol. The van der Waals surface area contributed by atoms with E-state index in [0.717, 1.165) is 6.07 Å². The summed E-state index contributed by atoms with van der Waals surface area (Å²) in [5.74, 6) is -2.04. The Hall–Kier alpha value is -3.39. The third-order valence-electron chi connectivity index (χ3n) is 4.11. The average Bonchev–Trinajstić information content (AvgIpc) is 2.68. The van der Waals surface area contributed by atoms with Crippen LogP contribution in [-0.4, -0.2) is 31.1 Å². The minimum Gasteiger partial charge on any atom is -0.493 e. The van der Waals surface area contributed by atoms with Crippen molar-refractivity contribution in [2.75, 3.05) is 12.0 Å². The van der Waals surface area contributed by atoms with Gasteiger partial charge in [-0.05, 0) is 49.8 Å². The third-order valence-corrected chi connectivity index (χ3v) is 4.39. The zero-order valence-electron chi connectivity index (χ0n) is 16.4. The molecule has 0 bridgehead atoms. The first-order valence-corrected chi connectivity index (χ1v) is 9.31. The van der Waals surface area contributed by atoms with Gasteiger partial charge in [-0.25, -0.2) is 14.1 Å². The molecule has 0 atom stereocenters. The molecule has 1 fully saturated rings. The topological polar surface area (TPSA) is 84.9 Å². The standard InChI is InChI=1S/C21H18ClFN2O5/c1-11(2)30-18-14(22)9-12(10-17(18)29-3)8-13-19(26)24-21(28)25(20(13)27)16-7-5-4-6-15(16)23/h4-11H,1-3H3,(H,24,26,28)/b13-8-. The monoisotopic (exact) mass is 432 g/mol. The molecule has 1 N–H and O–H groups in total. The highest BCUT2D eigenvalue weighted by atomic mass is 35.5. The van der Waals surface area contributed by atoms with Crippen LogP contribution in [0.2, 0.25) is 5.02 Å². The predicted molar refractivity (Wildman–Crippen MR) is 109 cm³/mol. The minimum absolute atomic E-state index is 0.161. The number of imide groups is 2. The molecule has 1 saturated heterocycles. The van der Waals surface area contributed by atoms with E-state index in [9.17, 15) is 18.8 Å². The lowest BCUT2D eigenvalue weighted by Gasteiger charge is -2.26. The molecule has 0 aliphatic carbocycles. The highest BCUT2D eigenvalue weighted by molar-refractivity contribution is 6.39. The Morgan fingerprint density at radius 1 is 1.17 bits per heavy atom. The quantitative estimate of drug-likeness (QED) is 0.571. The first-order chi connectivity index (χ1) is 14.2. The number of anilines is 1. The zero-order valence-corrected chi connectivity index (χ0v) is 17.1. The van der Waals surface area contributed by atoms with E-state index in [2.05, 4.69) is 0 Å². The summed E-state index contributed by atoms with van der Waals surface area (Å²) in [6, 6.07) is 7.23. The summed E-state index contributed by atoms with van der Waals surface area (Å²) in [5, 5.41) is 2.25. The first kappa shape index (κ1) is 21.3. The van der Waals surface area contributed by atoms with Gasteiger partial charge in [-0.15, -0.1) is 0 Å². The Morgan fingerprint density at radius 3 is 2.50 bits per heavy atom. The van der Waals surface area contributed by atoms with Crippen molar-refractivity contribution in [2.24, 2.45) is 0 Å². The number of halogens is 2. The van der Waals surface area contributed by atoms with Gasteiger partial charge in [0.2, 0.25) is 0 Å². The molecule has 0 spiro atoms. The van der Waals surface area contributed by atoms with Crippen molar-refractivity contribution in [3.8, 4) is 11.5 Å². The molecule has 4 amide bonds. The molecule has 0 radical (unpaired) electrons. The summed E-state index contributed by atoms with van der Waals surface area (Å²) in [6.07, 6.45) is 1.08. The highest BCUT2D eigenvalue weighted by Crippen LogP contribution is 2.38. The number of rotatable bonds is 5. The molecule has 1 heterocycles. The second kappa shape index (κ2) is 8.54. The van der Waals surface area contributed by atoms with Crippen LogP contribution in [0.15, 0.2) is 42.0 Å². The molecule has 1 aliphatic rings. The summed E-state index contributed by atoms with van der Waals surface area (Å²) < 4.78 is 25.1. The van der Waals surface area contributed by atoms with Gasteiger partial charge in [0, 0.05) is 0 Å². The van der Waals surface area contributed by atoms with Crippen molar-refractivity contribution in [3.05, 3.63) is 58.4 Å². The van der Waals surface area contributed by atoms with Gasteiger partial charge < -0.3 is 9.47 Å². The summed E-state index contributed by atoms with van der Waals surface area (Å²) in [4.78, 5) is 37.9. The number of urea groups is 1. The number of amides is 4. The summed E-state index contributed by atoms with van der Waals surface area (Å²) in [7, 11) is 1.42.